The topological polar surface area (TPSA) is 141 Å². The summed E-state index contributed by atoms with van der Waals surface area (Å²) in [6.45, 7) is 10.3. The van der Waals surface area contributed by atoms with Gasteiger partial charge in [0.05, 0.1) is 0 Å². The van der Waals surface area contributed by atoms with Gasteiger partial charge in [-0.3, -0.25) is 9.59 Å². The molecule has 0 bridgehead atoms. The monoisotopic (exact) mass is 771 g/mol. The number of β-lactam (4-membered cyclic amide) rings is 1. The molecule has 3 atom stereocenters. The van der Waals surface area contributed by atoms with E-state index in [0.717, 1.165) is 6.07 Å². The number of rotatable bonds is 8. The molecule has 12 nitrogen and oxygen atoms in total. The average Bonchev–Trinajstić information content (AvgIpc) is 3.48. The van der Waals surface area contributed by atoms with Crippen molar-refractivity contribution in [2.24, 2.45) is 0 Å². The summed E-state index contributed by atoms with van der Waals surface area (Å²) in [5, 5.41) is 3.65. The van der Waals surface area contributed by atoms with E-state index in [-0.39, 0.29) is 24.4 Å². The molecule has 2 saturated heterocycles. The number of nitrogens with zero attached hydrogens (tertiary/aromatic N) is 2. The van der Waals surface area contributed by atoms with Gasteiger partial charge in [-0.2, -0.15) is 0 Å². The Balaban J connectivity index is 1.27. The molecule has 1 N–H and O–H groups in total. The Labute approximate surface area is 322 Å². The lowest BCUT2D eigenvalue weighted by atomic mass is 9.95. The van der Waals surface area contributed by atoms with Gasteiger partial charge >= 0.3 is 18.2 Å². The first-order valence-corrected chi connectivity index (χ1v) is 18.6. The molecule has 3 aromatic carbocycles. The number of ether oxygens (including phenoxy) is 4. The van der Waals surface area contributed by atoms with Crippen molar-refractivity contribution in [3.05, 3.63) is 118 Å². The highest BCUT2D eigenvalue weighted by Crippen LogP contribution is 2.43. The van der Waals surface area contributed by atoms with Gasteiger partial charge in [0, 0.05) is 23.9 Å². The van der Waals surface area contributed by atoms with Crippen LogP contribution in [-0.2, 0) is 28.6 Å². The third-order valence-electron chi connectivity index (χ3n) is 8.63. The number of alkyl carbamates (subject to hydrolysis) is 1. The summed E-state index contributed by atoms with van der Waals surface area (Å²) < 4.78 is 36.8. The van der Waals surface area contributed by atoms with E-state index < -0.39 is 70.6 Å². The number of halogens is 1. The Morgan fingerprint density at radius 3 is 2.09 bits per heavy atom. The van der Waals surface area contributed by atoms with E-state index in [0.29, 0.717) is 22.3 Å². The number of carbonyl (C=O) groups is 5. The van der Waals surface area contributed by atoms with Crippen LogP contribution in [0.3, 0.4) is 0 Å². The normalized spacial score (nSPS) is 20.4. The fourth-order valence-corrected chi connectivity index (χ4v) is 7.46. The van der Waals surface area contributed by atoms with Crippen LogP contribution in [0.2, 0.25) is 0 Å². The fourth-order valence-electron chi connectivity index (χ4n) is 6.27. The lowest BCUT2D eigenvalue weighted by Gasteiger charge is -2.51. The Morgan fingerprint density at radius 2 is 1.51 bits per heavy atom. The maximum Gasteiger partial charge on any atom is 0.514 e. The largest absolute Gasteiger partial charge is 0.514 e. The first-order valence-electron chi connectivity index (χ1n) is 17.7. The molecule has 0 saturated carbocycles. The van der Waals surface area contributed by atoms with Gasteiger partial charge in [0.15, 0.2) is 23.7 Å². The van der Waals surface area contributed by atoms with Gasteiger partial charge in [0.1, 0.15) is 22.6 Å². The molecule has 14 heteroatoms. The smallest absolute Gasteiger partial charge is 0.451 e. The minimum atomic E-state index is -1.26. The van der Waals surface area contributed by atoms with Crippen molar-refractivity contribution in [3.8, 4) is 5.75 Å². The standard InChI is InChI=1S/C41H42FN3O9S/c1-40(2,3)53-38(49)43-31-35(47)45-32(37(48)52-33(24-13-9-7-10-14-24)25-15-11-8-12-16-25)27(23-55-36(31)45)21-26-19-20-44(34(26)46)28-17-18-30(29(42)22-28)51-39(50)54-41(4,5)6/h7-18,21-23,31-33,36H,19-20H2,1-6H3,(H,43,49)/t31-,32-,36-/m1/s1. The van der Waals surface area contributed by atoms with Crippen LogP contribution in [0.4, 0.5) is 19.7 Å². The molecule has 3 aliphatic rings. The predicted octanol–water partition coefficient (Wildman–Crippen LogP) is 7.20. The number of hydrogen-bond donors (Lipinski definition) is 1. The number of fused-ring (bicyclic) bond motifs is 1. The molecular formula is C41H42FN3O9S. The zero-order valence-electron chi connectivity index (χ0n) is 31.2. The number of carbonyl (C=O) groups excluding carboxylic acids is 5. The number of nitrogens with one attached hydrogen (secondary N) is 1. The van der Waals surface area contributed by atoms with Crippen LogP contribution in [0.1, 0.15) is 65.2 Å². The van der Waals surface area contributed by atoms with Crippen molar-refractivity contribution in [1.82, 2.24) is 10.2 Å². The number of benzene rings is 3. The Bertz CT molecular complexity index is 2000. The zero-order chi connectivity index (χ0) is 39.7. The highest BCUT2D eigenvalue weighted by Gasteiger charge is 2.56. The number of anilines is 1. The molecule has 3 aromatic rings. The lowest BCUT2D eigenvalue weighted by molar-refractivity contribution is -0.164. The molecule has 6 rings (SSSR count). The third-order valence-corrected chi connectivity index (χ3v) is 9.81. The highest BCUT2D eigenvalue weighted by molar-refractivity contribution is 8.03. The minimum Gasteiger partial charge on any atom is -0.451 e. The molecule has 0 aliphatic carbocycles. The van der Waals surface area contributed by atoms with Gasteiger partial charge in [-0.05, 0) is 88.3 Å². The molecule has 0 spiro atoms. The zero-order valence-corrected chi connectivity index (χ0v) is 32.1. The fraction of sp³-hybridized carbons (Fsp3) is 0.341. The van der Waals surface area contributed by atoms with Crippen LogP contribution in [-0.4, -0.2) is 70.1 Å². The number of thioether (sulfide) groups is 1. The SMILES string of the molecule is CC(C)(C)OC(=O)N[C@@H]1C(=O)N2[C@@H](C(=O)OC(c3ccccc3)c3ccccc3)C(C=C3CCN(c4ccc(OC(=O)OC(C)(C)C)c(F)c4)C3=O)=CS[C@H]12. The van der Waals surface area contributed by atoms with Gasteiger partial charge in [0.2, 0.25) is 5.91 Å². The molecule has 0 unspecified atom stereocenters. The van der Waals surface area contributed by atoms with Gasteiger partial charge in [-0.15, -0.1) is 11.8 Å². The Kier molecular flexibility index (Phi) is 11.1. The van der Waals surface area contributed by atoms with Crippen LogP contribution >= 0.6 is 11.8 Å². The average molecular weight is 772 g/mol. The van der Waals surface area contributed by atoms with Crippen LogP contribution in [0, 0.1) is 5.82 Å². The molecule has 3 heterocycles. The van der Waals surface area contributed by atoms with Crippen molar-refractivity contribution in [3.63, 3.8) is 0 Å². The van der Waals surface area contributed by atoms with Gasteiger partial charge in [-0.1, -0.05) is 60.7 Å². The minimum absolute atomic E-state index is 0.198. The Hall–Kier alpha value is -5.63. The number of amides is 3. The van der Waals surface area contributed by atoms with E-state index in [2.05, 4.69) is 5.32 Å². The summed E-state index contributed by atoms with van der Waals surface area (Å²) in [4.78, 5) is 69.4. The molecule has 3 amide bonds. The van der Waals surface area contributed by atoms with Gasteiger partial charge < -0.3 is 34.1 Å². The molecule has 0 aromatic heterocycles. The van der Waals surface area contributed by atoms with E-state index >= 15 is 4.39 Å². The molecule has 0 radical (unpaired) electrons. The molecule has 55 heavy (non-hydrogen) atoms. The predicted molar refractivity (Wildman–Crippen MR) is 202 cm³/mol. The van der Waals surface area contributed by atoms with E-state index in [1.807, 2.05) is 60.7 Å². The maximum atomic E-state index is 15.1. The molecule has 288 valence electrons. The van der Waals surface area contributed by atoms with Crippen molar-refractivity contribution in [1.29, 1.82) is 0 Å². The van der Waals surface area contributed by atoms with Crippen LogP contribution in [0.15, 0.2) is 101 Å². The first-order chi connectivity index (χ1) is 26.0. The molecule has 3 aliphatic heterocycles. The summed E-state index contributed by atoms with van der Waals surface area (Å²) in [6.07, 6.45) is -0.841. The molecule has 2 fully saturated rings. The van der Waals surface area contributed by atoms with Crippen LogP contribution in [0.5, 0.6) is 5.75 Å². The van der Waals surface area contributed by atoms with E-state index in [1.165, 1.54) is 33.7 Å². The van der Waals surface area contributed by atoms with Crippen molar-refractivity contribution in [2.45, 2.75) is 82.7 Å². The second-order valence-corrected chi connectivity index (χ2v) is 16.1. The van der Waals surface area contributed by atoms with Crippen molar-refractivity contribution < 1.29 is 47.3 Å². The summed E-state index contributed by atoms with van der Waals surface area (Å²) in [5.41, 5.74) is 0.674. The Morgan fingerprint density at radius 1 is 0.891 bits per heavy atom. The lowest BCUT2D eigenvalue weighted by Crippen LogP contribution is -2.74. The summed E-state index contributed by atoms with van der Waals surface area (Å²) in [6, 6.07) is 19.9. The summed E-state index contributed by atoms with van der Waals surface area (Å²) >= 11 is 1.21. The summed E-state index contributed by atoms with van der Waals surface area (Å²) in [7, 11) is 0. The number of esters is 1. The van der Waals surface area contributed by atoms with E-state index in [4.69, 9.17) is 18.9 Å². The second kappa shape index (κ2) is 15.6. The quantitative estimate of drug-likeness (QED) is 0.0823. The first kappa shape index (κ1) is 39.1. The summed E-state index contributed by atoms with van der Waals surface area (Å²) in [5.74, 6) is -2.92. The van der Waals surface area contributed by atoms with Gasteiger partial charge in [-0.25, -0.2) is 18.8 Å². The van der Waals surface area contributed by atoms with Crippen LogP contribution < -0.4 is 15.0 Å². The third kappa shape index (κ3) is 9.02. The molecular weight excluding hydrogens is 730 g/mol. The van der Waals surface area contributed by atoms with E-state index in [9.17, 15) is 24.0 Å². The number of hydrogen-bond acceptors (Lipinski definition) is 10. The van der Waals surface area contributed by atoms with Crippen LogP contribution in [0.25, 0.3) is 0 Å². The second-order valence-electron chi connectivity index (χ2n) is 15.1. The van der Waals surface area contributed by atoms with Crippen molar-refractivity contribution in [2.75, 3.05) is 11.4 Å². The highest BCUT2D eigenvalue weighted by atomic mass is 32.2. The van der Waals surface area contributed by atoms with Gasteiger partial charge in [0.25, 0.3) is 5.91 Å². The van der Waals surface area contributed by atoms with E-state index in [1.54, 1.807) is 53.0 Å². The maximum absolute atomic E-state index is 15.1. The van der Waals surface area contributed by atoms with Crippen molar-refractivity contribution >= 4 is 47.5 Å².